The van der Waals surface area contributed by atoms with E-state index in [2.05, 4.69) is 21.7 Å². The Balaban J connectivity index is 2.19. The number of nitrogens with one attached hydrogen (secondary N) is 1. The van der Waals surface area contributed by atoms with Crippen molar-refractivity contribution in [3.05, 3.63) is 45.1 Å². The van der Waals surface area contributed by atoms with Gasteiger partial charge in [0.2, 0.25) is 0 Å². The zero-order valence-corrected chi connectivity index (χ0v) is 11.4. The Morgan fingerprint density at radius 3 is 3.06 bits per heavy atom. The lowest BCUT2D eigenvalue weighted by atomic mass is 10.2. The molecule has 0 fully saturated rings. The second kappa shape index (κ2) is 5.82. The number of rotatable bonds is 5. The summed E-state index contributed by atoms with van der Waals surface area (Å²) in [6.07, 6.45) is 4.33. The highest BCUT2D eigenvalue weighted by Crippen LogP contribution is 2.18. The van der Waals surface area contributed by atoms with Crippen LogP contribution in [0.4, 0.5) is 5.82 Å². The Kier molecular flexibility index (Phi) is 4.15. The second-order valence-electron chi connectivity index (χ2n) is 4.20. The second-order valence-corrected chi connectivity index (χ2v) is 4.98. The Bertz CT molecular complexity index is 548. The van der Waals surface area contributed by atoms with Crippen molar-refractivity contribution in [3.63, 3.8) is 0 Å². The molecule has 2 aromatic heterocycles. The fraction of sp³-hybridized carbons (Fsp3) is 0.385. The van der Waals surface area contributed by atoms with Gasteiger partial charge in [-0.15, -0.1) is 0 Å². The average molecular weight is 263 g/mol. The molecular weight excluding hydrogens is 246 g/mol. The third-order valence-electron chi connectivity index (χ3n) is 2.77. The molecule has 96 valence electrons. The molecule has 0 spiro atoms. The van der Waals surface area contributed by atoms with Crippen LogP contribution in [0.1, 0.15) is 31.9 Å². The van der Waals surface area contributed by atoms with Crippen LogP contribution in [-0.2, 0) is 6.54 Å². The SMILES string of the molecule is CCCn1ccnc(NC(C)c2ccsc2)c1=O. The fourth-order valence-electron chi connectivity index (χ4n) is 1.77. The lowest BCUT2D eigenvalue weighted by Crippen LogP contribution is -2.25. The smallest absolute Gasteiger partial charge is 0.293 e. The van der Waals surface area contributed by atoms with Crippen molar-refractivity contribution in [1.82, 2.24) is 9.55 Å². The normalized spacial score (nSPS) is 12.3. The molecule has 0 aliphatic rings. The number of hydrogen-bond acceptors (Lipinski definition) is 4. The summed E-state index contributed by atoms with van der Waals surface area (Å²) in [7, 11) is 0. The highest BCUT2D eigenvalue weighted by Gasteiger charge is 2.10. The summed E-state index contributed by atoms with van der Waals surface area (Å²) in [6, 6.07) is 2.14. The van der Waals surface area contributed by atoms with E-state index in [-0.39, 0.29) is 11.6 Å². The molecule has 2 aromatic rings. The molecule has 18 heavy (non-hydrogen) atoms. The van der Waals surface area contributed by atoms with Crippen LogP contribution < -0.4 is 10.9 Å². The van der Waals surface area contributed by atoms with Gasteiger partial charge in [-0.25, -0.2) is 4.98 Å². The van der Waals surface area contributed by atoms with Crippen molar-refractivity contribution in [2.75, 3.05) is 5.32 Å². The van der Waals surface area contributed by atoms with Gasteiger partial charge < -0.3 is 9.88 Å². The molecule has 0 amide bonds. The lowest BCUT2D eigenvalue weighted by molar-refractivity contribution is 0.648. The van der Waals surface area contributed by atoms with Gasteiger partial charge >= 0.3 is 0 Å². The fourth-order valence-corrected chi connectivity index (χ4v) is 2.53. The van der Waals surface area contributed by atoms with Crippen LogP contribution in [0, 0.1) is 0 Å². The maximum absolute atomic E-state index is 12.1. The third-order valence-corrected chi connectivity index (χ3v) is 3.48. The van der Waals surface area contributed by atoms with Gasteiger partial charge in [0.15, 0.2) is 5.82 Å². The molecule has 0 radical (unpaired) electrons. The number of nitrogens with zero attached hydrogens (tertiary/aromatic N) is 2. The van der Waals surface area contributed by atoms with Gasteiger partial charge in [0.1, 0.15) is 0 Å². The van der Waals surface area contributed by atoms with Crippen molar-refractivity contribution in [2.45, 2.75) is 32.9 Å². The molecule has 1 atom stereocenters. The zero-order valence-electron chi connectivity index (χ0n) is 10.6. The molecule has 1 N–H and O–H groups in total. The minimum absolute atomic E-state index is 0.0542. The molecule has 0 saturated heterocycles. The summed E-state index contributed by atoms with van der Waals surface area (Å²) in [5, 5.41) is 7.28. The van der Waals surface area contributed by atoms with Gasteiger partial charge in [-0.3, -0.25) is 4.79 Å². The zero-order chi connectivity index (χ0) is 13.0. The maximum atomic E-state index is 12.1. The van der Waals surface area contributed by atoms with E-state index in [1.807, 2.05) is 19.2 Å². The van der Waals surface area contributed by atoms with Gasteiger partial charge in [0.25, 0.3) is 5.56 Å². The van der Waals surface area contributed by atoms with E-state index in [9.17, 15) is 4.79 Å². The highest BCUT2D eigenvalue weighted by molar-refractivity contribution is 7.07. The third kappa shape index (κ3) is 2.79. The summed E-state index contributed by atoms with van der Waals surface area (Å²) in [6.45, 7) is 4.80. The molecular formula is C13H17N3OS. The summed E-state index contributed by atoms with van der Waals surface area (Å²) in [4.78, 5) is 16.2. The highest BCUT2D eigenvalue weighted by atomic mass is 32.1. The summed E-state index contributed by atoms with van der Waals surface area (Å²) >= 11 is 1.65. The van der Waals surface area contributed by atoms with E-state index < -0.39 is 0 Å². The van der Waals surface area contributed by atoms with E-state index in [0.717, 1.165) is 13.0 Å². The maximum Gasteiger partial charge on any atom is 0.293 e. The molecule has 2 rings (SSSR count). The van der Waals surface area contributed by atoms with Crippen molar-refractivity contribution in [1.29, 1.82) is 0 Å². The minimum Gasteiger partial charge on any atom is -0.359 e. The van der Waals surface area contributed by atoms with Crippen LogP contribution in [0.5, 0.6) is 0 Å². The monoisotopic (exact) mass is 263 g/mol. The molecule has 2 heterocycles. The van der Waals surface area contributed by atoms with Crippen LogP contribution >= 0.6 is 11.3 Å². The number of aromatic nitrogens is 2. The van der Waals surface area contributed by atoms with Crippen molar-refractivity contribution in [3.8, 4) is 0 Å². The number of hydrogen-bond donors (Lipinski definition) is 1. The molecule has 1 unspecified atom stereocenters. The topological polar surface area (TPSA) is 46.9 Å². The van der Waals surface area contributed by atoms with Crippen LogP contribution in [0.3, 0.4) is 0 Å². The summed E-state index contributed by atoms with van der Waals surface area (Å²) in [5.41, 5.74) is 1.12. The first-order chi connectivity index (χ1) is 8.72. The van der Waals surface area contributed by atoms with E-state index >= 15 is 0 Å². The molecule has 0 aliphatic carbocycles. The van der Waals surface area contributed by atoms with Crippen LogP contribution in [0.25, 0.3) is 0 Å². The van der Waals surface area contributed by atoms with Gasteiger partial charge in [0.05, 0.1) is 6.04 Å². The molecule has 5 heteroatoms. The van der Waals surface area contributed by atoms with Gasteiger partial charge in [-0.2, -0.15) is 11.3 Å². The first-order valence-electron chi connectivity index (χ1n) is 6.06. The Morgan fingerprint density at radius 1 is 1.56 bits per heavy atom. The predicted octanol–water partition coefficient (Wildman–Crippen LogP) is 2.89. The lowest BCUT2D eigenvalue weighted by Gasteiger charge is -2.13. The minimum atomic E-state index is -0.0542. The molecule has 0 aliphatic heterocycles. The average Bonchev–Trinajstić information content (AvgIpc) is 2.88. The van der Waals surface area contributed by atoms with E-state index in [4.69, 9.17) is 0 Å². The summed E-state index contributed by atoms with van der Waals surface area (Å²) in [5.74, 6) is 0.421. The Hall–Kier alpha value is -1.62. The van der Waals surface area contributed by atoms with Crippen LogP contribution in [0.15, 0.2) is 34.0 Å². The molecule has 0 bridgehead atoms. The first-order valence-corrected chi connectivity index (χ1v) is 7.00. The van der Waals surface area contributed by atoms with E-state index in [1.165, 1.54) is 5.56 Å². The van der Waals surface area contributed by atoms with E-state index in [0.29, 0.717) is 5.82 Å². The molecule has 4 nitrogen and oxygen atoms in total. The summed E-state index contributed by atoms with van der Waals surface area (Å²) < 4.78 is 1.69. The van der Waals surface area contributed by atoms with Crippen molar-refractivity contribution in [2.24, 2.45) is 0 Å². The van der Waals surface area contributed by atoms with Crippen LogP contribution in [0.2, 0.25) is 0 Å². The van der Waals surface area contributed by atoms with Gasteiger partial charge in [-0.05, 0) is 35.7 Å². The van der Waals surface area contributed by atoms with Crippen LogP contribution in [-0.4, -0.2) is 9.55 Å². The largest absolute Gasteiger partial charge is 0.359 e. The predicted molar refractivity (Wildman–Crippen MR) is 75.1 cm³/mol. The standard InChI is InChI=1S/C13H17N3OS/c1-3-6-16-7-5-14-12(13(16)17)15-10(2)11-4-8-18-9-11/h4-5,7-10H,3,6H2,1-2H3,(H,14,15). The molecule has 0 aromatic carbocycles. The Morgan fingerprint density at radius 2 is 2.39 bits per heavy atom. The van der Waals surface area contributed by atoms with Crippen molar-refractivity contribution >= 4 is 17.2 Å². The van der Waals surface area contributed by atoms with Gasteiger partial charge in [0, 0.05) is 18.9 Å². The Labute approximate surface area is 110 Å². The van der Waals surface area contributed by atoms with Gasteiger partial charge in [-0.1, -0.05) is 6.92 Å². The first kappa shape index (κ1) is 12.8. The number of aryl methyl sites for hydroxylation is 1. The van der Waals surface area contributed by atoms with E-state index in [1.54, 1.807) is 28.3 Å². The quantitative estimate of drug-likeness (QED) is 0.902. The molecule has 0 saturated carbocycles. The number of anilines is 1. The van der Waals surface area contributed by atoms with Crippen molar-refractivity contribution < 1.29 is 0 Å². The number of thiophene rings is 1.